The monoisotopic (exact) mass is 515 g/mol. The summed E-state index contributed by atoms with van der Waals surface area (Å²) in [5, 5.41) is 18.5. The first-order valence-corrected chi connectivity index (χ1v) is 13.2. The molecule has 3 rings (SSSR count). The minimum absolute atomic E-state index is 0.00515. The normalized spacial score (nSPS) is 18.2. The molecule has 0 saturated carbocycles. The second-order valence-electron chi connectivity index (χ2n) is 10.1. The maximum atomic E-state index is 14.0. The van der Waals surface area contributed by atoms with Crippen molar-refractivity contribution >= 4 is 6.03 Å². The van der Waals surface area contributed by atoms with Gasteiger partial charge in [0.15, 0.2) is 0 Å². The molecule has 0 spiro atoms. The van der Waals surface area contributed by atoms with Crippen molar-refractivity contribution in [2.24, 2.45) is 5.92 Å². The number of carbonyl (C=O) groups is 1. The average Bonchev–Trinajstić information content (AvgIpc) is 2.89. The van der Waals surface area contributed by atoms with Crippen molar-refractivity contribution < 1.29 is 23.8 Å². The highest BCUT2D eigenvalue weighted by Gasteiger charge is 2.43. The standard InChI is InChI=1S/C29H42FN3O4/c1-21-13-14-24(30)18-27(21)37-26-12-6-5-11-25(26)29(35,15-7-8-17-36-4)23-10-9-16-33(20-23)28(34)32-22(2)19-31-3/h5-6,11-14,18,22-23,31,35H,7-10,15-17,19-20H2,1-4H3,(H,32,34). The molecule has 1 fully saturated rings. The Kier molecular flexibility index (Phi) is 10.7. The predicted octanol–water partition coefficient (Wildman–Crippen LogP) is 4.96. The lowest BCUT2D eigenvalue weighted by molar-refractivity contribution is -0.0574. The van der Waals surface area contributed by atoms with Gasteiger partial charge in [0, 0.05) is 56.9 Å². The van der Waals surface area contributed by atoms with Gasteiger partial charge >= 0.3 is 6.03 Å². The topological polar surface area (TPSA) is 83.1 Å². The number of hydrogen-bond donors (Lipinski definition) is 3. The van der Waals surface area contributed by atoms with E-state index >= 15 is 0 Å². The number of aryl methyl sites for hydroxylation is 1. The molecule has 1 aliphatic heterocycles. The number of urea groups is 1. The van der Waals surface area contributed by atoms with E-state index in [9.17, 15) is 14.3 Å². The molecule has 0 aromatic heterocycles. The highest BCUT2D eigenvalue weighted by molar-refractivity contribution is 5.74. The zero-order valence-corrected chi connectivity index (χ0v) is 22.6. The molecule has 1 heterocycles. The van der Waals surface area contributed by atoms with Crippen LogP contribution < -0.4 is 15.4 Å². The average molecular weight is 516 g/mol. The molecular formula is C29H42FN3O4. The molecule has 2 aromatic rings. The van der Waals surface area contributed by atoms with Crippen molar-refractivity contribution in [1.82, 2.24) is 15.5 Å². The minimum Gasteiger partial charge on any atom is -0.457 e. The number of benzene rings is 2. The first kappa shape index (κ1) is 28.9. The van der Waals surface area contributed by atoms with E-state index in [2.05, 4.69) is 10.6 Å². The summed E-state index contributed by atoms with van der Waals surface area (Å²) in [7, 11) is 3.53. The molecule has 0 aliphatic carbocycles. The zero-order chi connectivity index (χ0) is 26.8. The Balaban J connectivity index is 1.91. The summed E-state index contributed by atoms with van der Waals surface area (Å²) in [6.45, 7) is 6.20. The first-order valence-electron chi connectivity index (χ1n) is 13.2. The summed E-state index contributed by atoms with van der Waals surface area (Å²) < 4.78 is 25.4. The van der Waals surface area contributed by atoms with Crippen LogP contribution in [0, 0.1) is 18.7 Å². The summed E-state index contributed by atoms with van der Waals surface area (Å²) in [6, 6.07) is 11.7. The molecule has 0 radical (unpaired) electrons. The van der Waals surface area contributed by atoms with Gasteiger partial charge in [0.1, 0.15) is 17.3 Å². The maximum Gasteiger partial charge on any atom is 0.317 e. The number of piperidine rings is 1. The fourth-order valence-corrected chi connectivity index (χ4v) is 5.13. The molecule has 1 saturated heterocycles. The molecule has 3 N–H and O–H groups in total. The van der Waals surface area contributed by atoms with Crippen LogP contribution in [0.4, 0.5) is 9.18 Å². The summed E-state index contributed by atoms with van der Waals surface area (Å²) in [5.74, 6) is 0.342. The number of hydrogen-bond acceptors (Lipinski definition) is 5. The van der Waals surface area contributed by atoms with Gasteiger partial charge in [0.25, 0.3) is 0 Å². The number of methoxy groups -OCH3 is 1. The summed E-state index contributed by atoms with van der Waals surface area (Å²) in [6.07, 6.45) is 3.63. The smallest absolute Gasteiger partial charge is 0.317 e. The highest BCUT2D eigenvalue weighted by atomic mass is 19.1. The number of para-hydroxylation sites is 1. The van der Waals surface area contributed by atoms with Crippen LogP contribution in [0.15, 0.2) is 42.5 Å². The molecule has 2 aromatic carbocycles. The lowest BCUT2D eigenvalue weighted by Crippen LogP contribution is -2.53. The van der Waals surface area contributed by atoms with E-state index < -0.39 is 5.60 Å². The van der Waals surface area contributed by atoms with E-state index in [4.69, 9.17) is 9.47 Å². The van der Waals surface area contributed by atoms with E-state index in [1.807, 2.05) is 45.2 Å². The van der Waals surface area contributed by atoms with Gasteiger partial charge in [0.2, 0.25) is 0 Å². The Morgan fingerprint density at radius 3 is 2.78 bits per heavy atom. The van der Waals surface area contributed by atoms with Crippen LogP contribution in [0.3, 0.4) is 0 Å². The molecule has 0 bridgehead atoms. The lowest BCUT2D eigenvalue weighted by Gasteiger charge is -2.43. The van der Waals surface area contributed by atoms with Crippen molar-refractivity contribution in [2.75, 3.05) is 40.4 Å². The molecule has 2 amide bonds. The van der Waals surface area contributed by atoms with Crippen molar-refractivity contribution in [3.8, 4) is 11.5 Å². The number of unbranched alkanes of at least 4 members (excludes halogenated alkanes) is 1. The quantitative estimate of drug-likeness (QED) is 0.348. The van der Waals surface area contributed by atoms with Gasteiger partial charge < -0.3 is 30.1 Å². The second-order valence-corrected chi connectivity index (χ2v) is 10.1. The number of aliphatic hydroxyl groups is 1. The van der Waals surface area contributed by atoms with Gasteiger partial charge in [0.05, 0.1) is 5.60 Å². The van der Waals surface area contributed by atoms with Crippen LogP contribution in [0.5, 0.6) is 11.5 Å². The molecule has 204 valence electrons. The highest BCUT2D eigenvalue weighted by Crippen LogP contribution is 2.44. The number of halogens is 1. The number of amides is 2. The lowest BCUT2D eigenvalue weighted by atomic mass is 9.73. The van der Waals surface area contributed by atoms with Gasteiger partial charge in [-0.25, -0.2) is 9.18 Å². The third-order valence-corrected chi connectivity index (χ3v) is 7.14. The third kappa shape index (κ3) is 7.66. The molecule has 3 unspecified atom stereocenters. The first-order chi connectivity index (χ1) is 17.8. The van der Waals surface area contributed by atoms with Gasteiger partial charge in [-0.2, -0.15) is 0 Å². The van der Waals surface area contributed by atoms with Gasteiger partial charge in [-0.05, 0) is 70.7 Å². The van der Waals surface area contributed by atoms with E-state index in [-0.39, 0.29) is 23.8 Å². The predicted molar refractivity (Wildman–Crippen MR) is 143 cm³/mol. The summed E-state index contributed by atoms with van der Waals surface area (Å²) >= 11 is 0. The Morgan fingerprint density at radius 1 is 1.24 bits per heavy atom. The van der Waals surface area contributed by atoms with Gasteiger partial charge in [-0.3, -0.25) is 0 Å². The van der Waals surface area contributed by atoms with Crippen molar-refractivity contribution in [2.45, 2.75) is 57.6 Å². The van der Waals surface area contributed by atoms with Crippen LogP contribution in [0.25, 0.3) is 0 Å². The number of rotatable bonds is 12. The van der Waals surface area contributed by atoms with Crippen molar-refractivity contribution in [1.29, 1.82) is 0 Å². The number of likely N-dealkylation sites (tertiary alicyclic amines) is 1. The number of nitrogens with one attached hydrogen (secondary N) is 2. The summed E-state index contributed by atoms with van der Waals surface area (Å²) in [4.78, 5) is 14.8. The van der Waals surface area contributed by atoms with E-state index in [0.717, 1.165) is 31.2 Å². The Labute approximate surface area is 220 Å². The van der Waals surface area contributed by atoms with E-state index in [1.165, 1.54) is 12.1 Å². The minimum atomic E-state index is -1.24. The Bertz CT molecular complexity index is 1020. The SMILES string of the molecule is CNCC(C)NC(=O)N1CCCC(C(O)(CCCCOC)c2ccccc2Oc2cc(F)ccc2C)C1. The maximum absolute atomic E-state index is 14.0. The second kappa shape index (κ2) is 13.7. The number of ether oxygens (including phenoxy) is 2. The van der Waals surface area contributed by atoms with Gasteiger partial charge in [-0.1, -0.05) is 24.3 Å². The molecule has 8 heteroatoms. The fraction of sp³-hybridized carbons (Fsp3) is 0.552. The molecule has 7 nitrogen and oxygen atoms in total. The molecule has 1 aliphatic rings. The number of nitrogens with zero attached hydrogens (tertiary/aromatic N) is 1. The zero-order valence-electron chi connectivity index (χ0n) is 22.6. The fourth-order valence-electron chi connectivity index (χ4n) is 5.13. The molecule has 3 atom stereocenters. The third-order valence-electron chi connectivity index (χ3n) is 7.14. The number of carbonyl (C=O) groups excluding carboxylic acids is 1. The van der Waals surface area contributed by atoms with Crippen molar-refractivity contribution in [3.63, 3.8) is 0 Å². The number of likely N-dealkylation sites (N-methyl/N-ethyl adjacent to an activating group) is 1. The van der Waals surface area contributed by atoms with Crippen LogP contribution in [-0.4, -0.2) is 62.5 Å². The van der Waals surface area contributed by atoms with E-state index in [0.29, 0.717) is 49.7 Å². The molecular weight excluding hydrogens is 473 g/mol. The van der Waals surface area contributed by atoms with E-state index in [1.54, 1.807) is 18.1 Å². The van der Waals surface area contributed by atoms with Crippen LogP contribution in [0.2, 0.25) is 0 Å². The summed E-state index contributed by atoms with van der Waals surface area (Å²) in [5.41, 5.74) is 0.226. The van der Waals surface area contributed by atoms with Crippen molar-refractivity contribution in [3.05, 3.63) is 59.4 Å². The largest absolute Gasteiger partial charge is 0.457 e. The molecule has 37 heavy (non-hydrogen) atoms. The van der Waals surface area contributed by atoms with Crippen LogP contribution in [-0.2, 0) is 10.3 Å². The van der Waals surface area contributed by atoms with Gasteiger partial charge in [-0.15, -0.1) is 0 Å². The van der Waals surface area contributed by atoms with Crippen LogP contribution in [0.1, 0.15) is 50.2 Å². The Hall–Kier alpha value is -2.68. The van der Waals surface area contributed by atoms with Crippen LogP contribution >= 0.6 is 0 Å². The Morgan fingerprint density at radius 2 is 2.03 bits per heavy atom.